The van der Waals surface area contributed by atoms with Gasteiger partial charge in [-0.1, -0.05) is 13.8 Å². The van der Waals surface area contributed by atoms with Gasteiger partial charge < -0.3 is 14.5 Å². The maximum atomic E-state index is 12.8. The molecule has 0 aromatic rings. The molecule has 1 rings (SSSR count). The number of hydrogen-bond donors (Lipinski definition) is 0. The van der Waals surface area contributed by atoms with Crippen molar-refractivity contribution in [1.29, 1.82) is 0 Å². The molecule has 1 aliphatic rings. The van der Waals surface area contributed by atoms with Crippen molar-refractivity contribution in [2.45, 2.75) is 54.1 Å². The second kappa shape index (κ2) is 8.69. The minimum atomic E-state index is -1.28. The molecular weight excluding hydrogens is 396 g/mol. The van der Waals surface area contributed by atoms with Gasteiger partial charge in [0, 0.05) is 54.9 Å². The predicted molar refractivity (Wildman–Crippen MR) is 112 cm³/mol. The van der Waals surface area contributed by atoms with Crippen molar-refractivity contribution in [3.8, 4) is 0 Å². The van der Waals surface area contributed by atoms with Gasteiger partial charge in [0.2, 0.25) is 0 Å². The summed E-state index contributed by atoms with van der Waals surface area (Å²) in [4.78, 5) is 51.9. The van der Waals surface area contributed by atoms with E-state index < -0.39 is 22.5 Å². The average Bonchev–Trinajstić information content (AvgIpc) is 2.56. The van der Waals surface area contributed by atoms with Gasteiger partial charge in [-0.05, 0) is 46.2 Å². The number of carbonyl (C=O) groups is 4. The van der Waals surface area contributed by atoms with E-state index in [1.807, 2.05) is 13.8 Å². The molecule has 0 unspecified atom stereocenters. The lowest BCUT2D eigenvalue weighted by atomic mass is 9.79. The lowest BCUT2D eigenvalue weighted by Crippen LogP contribution is -2.46. The van der Waals surface area contributed by atoms with Gasteiger partial charge in [0.15, 0.2) is 11.6 Å². The summed E-state index contributed by atoms with van der Waals surface area (Å²) in [6.07, 6.45) is -0.632. The number of hydrogen-bond acceptors (Lipinski definition) is 5. The van der Waals surface area contributed by atoms with E-state index in [1.54, 1.807) is 48.7 Å². The second-order valence-electron chi connectivity index (χ2n) is 8.92. The molecule has 8 heteroatoms. The molecular formula is C21H31ClN2O5. The van der Waals surface area contributed by atoms with Crippen LogP contribution in [0.15, 0.2) is 22.3 Å². The molecule has 162 valence electrons. The van der Waals surface area contributed by atoms with Crippen LogP contribution in [0.3, 0.4) is 0 Å². The van der Waals surface area contributed by atoms with Crippen molar-refractivity contribution >= 4 is 34.6 Å². The van der Waals surface area contributed by atoms with Crippen molar-refractivity contribution in [3.05, 3.63) is 22.3 Å². The van der Waals surface area contributed by atoms with Crippen LogP contribution in [0.1, 0.15) is 48.5 Å². The van der Waals surface area contributed by atoms with E-state index >= 15 is 0 Å². The zero-order valence-corrected chi connectivity index (χ0v) is 19.5. The minimum Gasteiger partial charge on any atom is -0.438 e. The van der Waals surface area contributed by atoms with Crippen LogP contribution in [0.25, 0.3) is 0 Å². The number of halogens is 1. The van der Waals surface area contributed by atoms with Gasteiger partial charge in [0.1, 0.15) is 5.60 Å². The Morgan fingerprint density at radius 3 is 1.79 bits per heavy atom. The van der Waals surface area contributed by atoms with Crippen LogP contribution in [0, 0.1) is 5.41 Å². The fourth-order valence-corrected chi connectivity index (χ4v) is 3.69. The number of carbonyl (C=O) groups excluding carboxylic acids is 4. The molecule has 0 saturated carbocycles. The molecule has 0 bridgehead atoms. The Morgan fingerprint density at radius 1 is 0.862 bits per heavy atom. The van der Waals surface area contributed by atoms with Crippen molar-refractivity contribution < 1.29 is 23.9 Å². The third-order valence-corrected chi connectivity index (χ3v) is 5.36. The van der Waals surface area contributed by atoms with Gasteiger partial charge in [-0.25, -0.2) is 4.79 Å². The SMILES string of the molecule is CC1=C(C)C(=O)C(C(C)(C)OC(=O)N(C)CC(C)(C)CN(C)C(=O)Cl)=C(C)C1=O. The number of ketones is 2. The van der Waals surface area contributed by atoms with Gasteiger partial charge in [-0.3, -0.25) is 14.4 Å². The molecule has 2 amide bonds. The fraction of sp³-hybridized carbons (Fsp3) is 0.619. The summed E-state index contributed by atoms with van der Waals surface area (Å²) in [6, 6.07) is 0. The Bertz CT molecular complexity index is 808. The third-order valence-electron chi connectivity index (χ3n) is 5.07. The number of rotatable bonds is 6. The van der Waals surface area contributed by atoms with Gasteiger partial charge in [0.05, 0.1) is 0 Å². The van der Waals surface area contributed by atoms with E-state index in [1.165, 1.54) is 9.80 Å². The molecule has 29 heavy (non-hydrogen) atoms. The first-order valence-electron chi connectivity index (χ1n) is 9.34. The second-order valence-corrected chi connectivity index (χ2v) is 9.24. The largest absolute Gasteiger partial charge is 0.438 e. The van der Waals surface area contributed by atoms with Gasteiger partial charge in [-0.15, -0.1) is 0 Å². The number of ether oxygens (including phenoxy) is 1. The first-order valence-corrected chi connectivity index (χ1v) is 9.72. The molecule has 0 fully saturated rings. The van der Waals surface area contributed by atoms with Crippen LogP contribution in [0.2, 0.25) is 0 Å². The topological polar surface area (TPSA) is 84.0 Å². The van der Waals surface area contributed by atoms with Crippen LogP contribution in [-0.2, 0) is 14.3 Å². The predicted octanol–water partition coefficient (Wildman–Crippen LogP) is 3.95. The van der Waals surface area contributed by atoms with Crippen LogP contribution in [0.4, 0.5) is 9.59 Å². The standard InChI is InChI=1S/C21H31ClN2O5/c1-12-13(2)17(26)15(14(3)16(12)25)21(6,7)29-19(28)24(9)11-20(4,5)10-23(8)18(22)27/h10-11H2,1-9H3. The van der Waals surface area contributed by atoms with Gasteiger partial charge in [-0.2, -0.15) is 0 Å². The zero-order valence-electron chi connectivity index (χ0n) is 18.7. The van der Waals surface area contributed by atoms with E-state index in [4.69, 9.17) is 16.3 Å². The average molecular weight is 427 g/mol. The molecule has 0 spiro atoms. The van der Waals surface area contributed by atoms with E-state index in [9.17, 15) is 19.2 Å². The maximum absolute atomic E-state index is 12.8. The summed E-state index contributed by atoms with van der Waals surface area (Å²) in [5.41, 5.74) is -0.463. The quantitative estimate of drug-likeness (QED) is 0.364. The summed E-state index contributed by atoms with van der Waals surface area (Å²) >= 11 is 5.48. The van der Waals surface area contributed by atoms with Crippen molar-refractivity contribution in [1.82, 2.24) is 9.80 Å². The Morgan fingerprint density at radius 2 is 1.31 bits per heavy atom. The Hall–Kier alpha value is -2.15. The summed E-state index contributed by atoms with van der Waals surface area (Å²) < 4.78 is 5.64. The van der Waals surface area contributed by atoms with Gasteiger partial charge in [0.25, 0.3) is 0 Å². The van der Waals surface area contributed by atoms with Crippen LogP contribution in [0.5, 0.6) is 0 Å². The summed E-state index contributed by atoms with van der Waals surface area (Å²) in [5.74, 6) is -0.507. The van der Waals surface area contributed by atoms with Crippen molar-refractivity contribution in [2.75, 3.05) is 27.2 Å². The molecule has 0 saturated heterocycles. The molecule has 1 aliphatic carbocycles. The van der Waals surface area contributed by atoms with Gasteiger partial charge >= 0.3 is 11.5 Å². The lowest BCUT2D eigenvalue weighted by molar-refractivity contribution is -0.118. The van der Waals surface area contributed by atoms with E-state index in [2.05, 4.69) is 0 Å². The number of nitrogens with zero attached hydrogens (tertiary/aromatic N) is 2. The lowest BCUT2D eigenvalue weighted by Gasteiger charge is -2.36. The Balaban J connectivity index is 2.99. The first kappa shape index (κ1) is 24.9. The van der Waals surface area contributed by atoms with Crippen molar-refractivity contribution in [2.24, 2.45) is 5.41 Å². The minimum absolute atomic E-state index is 0.194. The maximum Gasteiger partial charge on any atom is 0.410 e. The summed E-state index contributed by atoms with van der Waals surface area (Å²) in [7, 11) is 3.16. The number of Topliss-reactive ketones (excluding diaryl/α,β-unsaturated/α-hetero) is 2. The highest BCUT2D eigenvalue weighted by Crippen LogP contribution is 2.33. The molecule has 0 N–H and O–H groups in total. The van der Waals surface area contributed by atoms with E-state index in [0.717, 1.165) is 0 Å². The third kappa shape index (κ3) is 5.69. The summed E-state index contributed by atoms with van der Waals surface area (Å²) in [5, 5.41) is -0.578. The highest BCUT2D eigenvalue weighted by atomic mass is 35.5. The van der Waals surface area contributed by atoms with Crippen LogP contribution in [-0.4, -0.2) is 65.6 Å². The molecule has 0 aromatic heterocycles. The molecule has 0 atom stereocenters. The highest BCUT2D eigenvalue weighted by molar-refractivity contribution is 6.62. The van der Waals surface area contributed by atoms with Crippen LogP contribution < -0.4 is 0 Å². The molecule has 0 aliphatic heterocycles. The number of allylic oxidation sites excluding steroid dienone is 3. The monoisotopic (exact) mass is 426 g/mol. The molecule has 7 nitrogen and oxygen atoms in total. The van der Waals surface area contributed by atoms with E-state index in [0.29, 0.717) is 29.8 Å². The Kier molecular flexibility index (Phi) is 7.46. The first-order chi connectivity index (χ1) is 13.0. The fourth-order valence-electron chi connectivity index (χ4n) is 3.63. The normalized spacial score (nSPS) is 15.7. The van der Waals surface area contributed by atoms with Crippen LogP contribution >= 0.6 is 11.6 Å². The zero-order chi connectivity index (χ0) is 22.9. The van der Waals surface area contributed by atoms with E-state index in [-0.39, 0.29) is 17.1 Å². The van der Waals surface area contributed by atoms with Crippen molar-refractivity contribution in [3.63, 3.8) is 0 Å². The number of amides is 2. The Labute approximate surface area is 177 Å². The smallest absolute Gasteiger partial charge is 0.410 e. The summed E-state index contributed by atoms with van der Waals surface area (Å²) in [6.45, 7) is 12.4. The molecule has 0 aromatic carbocycles. The molecule has 0 heterocycles. The molecule has 0 radical (unpaired) electrons. The highest BCUT2D eigenvalue weighted by Gasteiger charge is 2.40.